The maximum atomic E-state index is 13.3. The number of carbonyl (C=O) groups excluding carboxylic acids is 1. The van der Waals surface area contributed by atoms with Gasteiger partial charge in [-0.2, -0.15) is 0 Å². The minimum absolute atomic E-state index is 0.167. The van der Waals surface area contributed by atoms with E-state index in [0.717, 1.165) is 5.56 Å². The van der Waals surface area contributed by atoms with Crippen molar-refractivity contribution in [3.63, 3.8) is 0 Å². The lowest BCUT2D eigenvalue weighted by molar-refractivity contribution is 0.102. The summed E-state index contributed by atoms with van der Waals surface area (Å²) in [6.07, 6.45) is 0. The van der Waals surface area contributed by atoms with Crippen molar-refractivity contribution in [3.05, 3.63) is 89.9 Å². The van der Waals surface area contributed by atoms with Gasteiger partial charge in [0.2, 0.25) is 0 Å². The molecule has 4 aromatic rings. The van der Waals surface area contributed by atoms with Crippen LogP contribution in [0.1, 0.15) is 16.1 Å². The van der Waals surface area contributed by atoms with Gasteiger partial charge in [0.05, 0.1) is 4.90 Å². The third kappa shape index (κ3) is 4.18. The van der Waals surface area contributed by atoms with Gasteiger partial charge in [-0.05, 0) is 67.6 Å². The van der Waals surface area contributed by atoms with Crippen LogP contribution in [0.5, 0.6) is 0 Å². The molecule has 30 heavy (non-hydrogen) atoms. The van der Waals surface area contributed by atoms with Crippen LogP contribution in [0.25, 0.3) is 10.9 Å². The largest absolute Gasteiger partial charge is 0.351 e. The second kappa shape index (κ2) is 7.64. The number of halogens is 1. The Labute approximate surface area is 172 Å². The number of sulfonamides is 1. The molecule has 0 aliphatic carbocycles. The average molecular weight is 423 g/mol. The molecule has 6 nitrogen and oxygen atoms in total. The van der Waals surface area contributed by atoms with Gasteiger partial charge in [0.25, 0.3) is 15.9 Å². The summed E-state index contributed by atoms with van der Waals surface area (Å²) in [5.41, 5.74) is 2.77. The normalized spacial score (nSPS) is 11.4. The van der Waals surface area contributed by atoms with Gasteiger partial charge in [-0.15, -0.1) is 0 Å². The summed E-state index contributed by atoms with van der Waals surface area (Å²) in [5, 5.41) is 3.32. The minimum atomic E-state index is -3.70. The van der Waals surface area contributed by atoms with Gasteiger partial charge in [-0.1, -0.05) is 17.7 Å². The molecule has 0 atom stereocenters. The number of amides is 1. The molecule has 1 heterocycles. The molecule has 0 saturated heterocycles. The Morgan fingerprint density at radius 3 is 2.27 bits per heavy atom. The Balaban J connectivity index is 1.46. The molecule has 0 aliphatic heterocycles. The molecule has 4 rings (SSSR count). The van der Waals surface area contributed by atoms with Crippen LogP contribution in [0, 0.1) is 12.7 Å². The van der Waals surface area contributed by atoms with Crippen LogP contribution in [-0.4, -0.2) is 19.3 Å². The lowest BCUT2D eigenvalue weighted by Crippen LogP contribution is -2.14. The molecule has 0 spiro atoms. The van der Waals surface area contributed by atoms with Crippen molar-refractivity contribution in [2.24, 2.45) is 0 Å². The first-order valence-electron chi connectivity index (χ1n) is 9.09. The van der Waals surface area contributed by atoms with Gasteiger partial charge in [0, 0.05) is 22.3 Å². The number of carbonyl (C=O) groups is 1. The molecular formula is C22H18FN3O3S. The number of rotatable bonds is 5. The maximum Gasteiger partial charge on any atom is 0.272 e. The van der Waals surface area contributed by atoms with Crippen LogP contribution in [0.3, 0.4) is 0 Å². The zero-order chi connectivity index (χ0) is 21.3. The smallest absolute Gasteiger partial charge is 0.272 e. The molecule has 0 aliphatic rings. The van der Waals surface area contributed by atoms with E-state index in [1.165, 1.54) is 12.1 Å². The van der Waals surface area contributed by atoms with Crippen molar-refractivity contribution in [1.29, 1.82) is 0 Å². The first-order valence-corrected chi connectivity index (χ1v) is 10.6. The van der Waals surface area contributed by atoms with Gasteiger partial charge in [-0.25, -0.2) is 12.8 Å². The number of H-pyrrole nitrogens is 1. The number of aromatic nitrogens is 1. The first kappa shape index (κ1) is 19.7. The fourth-order valence-electron chi connectivity index (χ4n) is 2.98. The molecule has 0 fully saturated rings. The summed E-state index contributed by atoms with van der Waals surface area (Å²) >= 11 is 0. The predicted molar refractivity (Wildman–Crippen MR) is 115 cm³/mol. The van der Waals surface area contributed by atoms with Gasteiger partial charge in [0.1, 0.15) is 11.5 Å². The number of fused-ring (bicyclic) bond motifs is 1. The van der Waals surface area contributed by atoms with Crippen LogP contribution in [-0.2, 0) is 10.0 Å². The van der Waals surface area contributed by atoms with Crippen molar-refractivity contribution in [2.45, 2.75) is 11.8 Å². The molecule has 1 amide bonds. The number of aryl methyl sites for hydroxylation is 1. The molecule has 8 heteroatoms. The molecule has 3 N–H and O–H groups in total. The van der Waals surface area contributed by atoms with E-state index >= 15 is 0 Å². The van der Waals surface area contributed by atoms with E-state index < -0.39 is 10.0 Å². The summed E-state index contributed by atoms with van der Waals surface area (Å²) in [5.74, 6) is -0.767. The molecule has 152 valence electrons. The second-order valence-electron chi connectivity index (χ2n) is 6.86. The third-order valence-electron chi connectivity index (χ3n) is 4.55. The predicted octanol–water partition coefficient (Wildman–Crippen LogP) is 4.67. The highest BCUT2D eigenvalue weighted by Gasteiger charge is 2.14. The fourth-order valence-corrected chi connectivity index (χ4v) is 4.04. The van der Waals surface area contributed by atoms with Crippen molar-refractivity contribution in [1.82, 2.24) is 4.98 Å². The van der Waals surface area contributed by atoms with Crippen molar-refractivity contribution < 1.29 is 17.6 Å². The summed E-state index contributed by atoms with van der Waals surface area (Å²) < 4.78 is 40.7. The Kier molecular flexibility index (Phi) is 5.01. The minimum Gasteiger partial charge on any atom is -0.351 e. The Morgan fingerprint density at radius 1 is 0.900 bits per heavy atom. The Hall–Kier alpha value is -3.65. The number of nitrogens with one attached hydrogen (secondary N) is 3. The zero-order valence-electron chi connectivity index (χ0n) is 15.9. The first-order chi connectivity index (χ1) is 14.3. The number of hydrogen-bond donors (Lipinski definition) is 3. The van der Waals surface area contributed by atoms with Crippen LogP contribution in [0.2, 0.25) is 0 Å². The van der Waals surface area contributed by atoms with Gasteiger partial charge >= 0.3 is 0 Å². The van der Waals surface area contributed by atoms with Crippen LogP contribution in [0.15, 0.2) is 77.7 Å². The summed E-state index contributed by atoms with van der Waals surface area (Å²) in [6, 6.07) is 18.6. The highest BCUT2D eigenvalue weighted by atomic mass is 32.2. The monoisotopic (exact) mass is 423 g/mol. The standard InChI is InChI=1S/C22H18FN3O3S/c1-14-2-9-19(10-3-14)30(28,29)26-18-7-5-17(6-8-18)24-22(27)21-13-15-12-16(23)4-11-20(15)25-21/h2-13,25-26H,1H3,(H,24,27). The van der Waals surface area contributed by atoms with Crippen LogP contribution < -0.4 is 10.0 Å². The summed E-state index contributed by atoms with van der Waals surface area (Å²) in [4.78, 5) is 15.6. The SMILES string of the molecule is Cc1ccc(S(=O)(=O)Nc2ccc(NC(=O)c3cc4cc(F)ccc4[nH]3)cc2)cc1. The number of benzene rings is 3. The van der Waals surface area contributed by atoms with Gasteiger partial charge in [0.15, 0.2) is 0 Å². The summed E-state index contributed by atoms with van der Waals surface area (Å²) in [6.45, 7) is 1.88. The van der Waals surface area contributed by atoms with E-state index in [1.54, 1.807) is 60.7 Å². The number of anilines is 2. The van der Waals surface area contributed by atoms with E-state index in [2.05, 4.69) is 15.0 Å². The fraction of sp³-hybridized carbons (Fsp3) is 0.0455. The molecule has 0 saturated carbocycles. The topological polar surface area (TPSA) is 91.1 Å². The van der Waals surface area contributed by atoms with Gasteiger partial charge < -0.3 is 10.3 Å². The van der Waals surface area contributed by atoms with Crippen molar-refractivity contribution in [3.8, 4) is 0 Å². The number of hydrogen-bond acceptors (Lipinski definition) is 3. The quantitative estimate of drug-likeness (QED) is 0.436. The molecule has 3 aromatic carbocycles. The van der Waals surface area contributed by atoms with E-state index in [9.17, 15) is 17.6 Å². The highest BCUT2D eigenvalue weighted by Crippen LogP contribution is 2.21. The third-order valence-corrected chi connectivity index (χ3v) is 5.95. The van der Waals surface area contributed by atoms with E-state index in [1.807, 2.05) is 6.92 Å². The lowest BCUT2D eigenvalue weighted by Gasteiger charge is -2.09. The molecule has 0 radical (unpaired) electrons. The lowest BCUT2D eigenvalue weighted by atomic mass is 10.2. The molecule has 1 aromatic heterocycles. The van der Waals surface area contributed by atoms with Crippen molar-refractivity contribution >= 4 is 38.2 Å². The highest BCUT2D eigenvalue weighted by molar-refractivity contribution is 7.92. The van der Waals surface area contributed by atoms with Crippen molar-refractivity contribution in [2.75, 3.05) is 10.0 Å². The van der Waals surface area contributed by atoms with E-state index in [-0.39, 0.29) is 16.6 Å². The van der Waals surface area contributed by atoms with Crippen LogP contribution >= 0.6 is 0 Å². The molecule has 0 bridgehead atoms. The second-order valence-corrected chi connectivity index (χ2v) is 8.55. The maximum absolute atomic E-state index is 13.3. The molecular weight excluding hydrogens is 405 g/mol. The Bertz CT molecular complexity index is 1330. The average Bonchev–Trinajstić information content (AvgIpc) is 3.13. The molecule has 0 unspecified atom stereocenters. The van der Waals surface area contributed by atoms with Gasteiger partial charge in [-0.3, -0.25) is 9.52 Å². The zero-order valence-corrected chi connectivity index (χ0v) is 16.8. The van der Waals surface area contributed by atoms with E-state index in [4.69, 9.17) is 0 Å². The van der Waals surface area contributed by atoms with Crippen LogP contribution in [0.4, 0.5) is 15.8 Å². The number of aromatic amines is 1. The van der Waals surface area contributed by atoms with E-state index in [0.29, 0.717) is 28.0 Å². The Morgan fingerprint density at radius 2 is 1.57 bits per heavy atom. The summed E-state index contributed by atoms with van der Waals surface area (Å²) in [7, 11) is -3.70.